The first kappa shape index (κ1) is 13.5. The predicted molar refractivity (Wildman–Crippen MR) is 68.6 cm³/mol. The van der Waals surface area contributed by atoms with Crippen molar-refractivity contribution < 1.29 is 13.2 Å². The molecular weight excluding hydrogens is 275 g/mol. The number of halogens is 3. The van der Waals surface area contributed by atoms with Crippen molar-refractivity contribution in [2.45, 2.75) is 16.1 Å². The van der Waals surface area contributed by atoms with Crippen molar-refractivity contribution in [2.24, 2.45) is 0 Å². The molecule has 7 heteroatoms. The molecule has 19 heavy (non-hydrogen) atoms. The van der Waals surface area contributed by atoms with E-state index < -0.39 is 11.7 Å². The highest BCUT2D eigenvalue weighted by molar-refractivity contribution is 7.99. The van der Waals surface area contributed by atoms with Crippen LogP contribution in [0.1, 0.15) is 5.56 Å². The molecular formula is C12H10F3N3S. The van der Waals surface area contributed by atoms with Crippen LogP contribution in [0.5, 0.6) is 0 Å². The molecule has 0 fully saturated rings. The summed E-state index contributed by atoms with van der Waals surface area (Å²) in [5, 5.41) is 0.456. The third kappa shape index (κ3) is 3.31. The fourth-order valence-corrected chi connectivity index (χ4v) is 2.15. The van der Waals surface area contributed by atoms with Gasteiger partial charge in [-0.25, -0.2) is 4.98 Å². The molecule has 2 aromatic rings. The van der Waals surface area contributed by atoms with Crippen molar-refractivity contribution in [3.8, 4) is 0 Å². The van der Waals surface area contributed by atoms with Crippen molar-refractivity contribution >= 4 is 23.1 Å². The van der Waals surface area contributed by atoms with Gasteiger partial charge in [0.15, 0.2) is 0 Å². The summed E-state index contributed by atoms with van der Waals surface area (Å²) in [4.78, 5) is 4.53. The Morgan fingerprint density at radius 3 is 2.26 bits per heavy atom. The average Bonchev–Trinajstić information content (AvgIpc) is 2.33. The summed E-state index contributed by atoms with van der Waals surface area (Å²) < 4.78 is 37.1. The number of alkyl halides is 3. The van der Waals surface area contributed by atoms with Crippen LogP contribution in [0.15, 0.2) is 46.5 Å². The van der Waals surface area contributed by atoms with E-state index in [1.807, 2.05) is 0 Å². The molecule has 0 atom stereocenters. The standard InChI is InChI=1S/C12H10F3N3S/c13-12(14,15)7-1-4-11(18-6-7)19-8-2-3-9(16)10(17)5-8/h1-6H,16-17H2. The largest absolute Gasteiger partial charge is 0.417 e. The van der Waals surface area contributed by atoms with Gasteiger partial charge in [0.25, 0.3) is 0 Å². The number of pyridine rings is 1. The molecule has 1 aromatic heterocycles. The van der Waals surface area contributed by atoms with Crippen LogP contribution in [0.2, 0.25) is 0 Å². The summed E-state index contributed by atoms with van der Waals surface area (Å²) in [6.07, 6.45) is -3.56. The molecule has 2 rings (SSSR count). The van der Waals surface area contributed by atoms with Crippen LogP contribution in [0.3, 0.4) is 0 Å². The van der Waals surface area contributed by atoms with Gasteiger partial charge < -0.3 is 11.5 Å². The van der Waals surface area contributed by atoms with Gasteiger partial charge in [-0.3, -0.25) is 0 Å². The van der Waals surface area contributed by atoms with Crippen molar-refractivity contribution in [2.75, 3.05) is 11.5 Å². The highest BCUT2D eigenvalue weighted by Crippen LogP contribution is 2.32. The van der Waals surface area contributed by atoms with Gasteiger partial charge in [0.2, 0.25) is 0 Å². The third-order valence-electron chi connectivity index (χ3n) is 2.34. The van der Waals surface area contributed by atoms with Crippen LogP contribution in [-0.2, 0) is 6.18 Å². The van der Waals surface area contributed by atoms with E-state index in [-0.39, 0.29) is 0 Å². The van der Waals surface area contributed by atoms with Crippen LogP contribution in [0.4, 0.5) is 24.5 Å². The molecule has 0 aliphatic carbocycles. The monoisotopic (exact) mass is 285 g/mol. The first-order valence-corrected chi connectivity index (χ1v) is 6.04. The maximum atomic E-state index is 12.4. The van der Waals surface area contributed by atoms with Gasteiger partial charge in [0, 0.05) is 11.1 Å². The molecule has 0 unspecified atom stereocenters. The van der Waals surface area contributed by atoms with Gasteiger partial charge in [-0.15, -0.1) is 0 Å². The number of hydrogen-bond acceptors (Lipinski definition) is 4. The molecule has 0 saturated carbocycles. The lowest BCUT2D eigenvalue weighted by Crippen LogP contribution is -2.05. The van der Waals surface area contributed by atoms with E-state index in [1.54, 1.807) is 18.2 Å². The van der Waals surface area contributed by atoms with Gasteiger partial charge >= 0.3 is 6.18 Å². The van der Waals surface area contributed by atoms with Crippen molar-refractivity contribution in [3.63, 3.8) is 0 Å². The number of rotatable bonds is 2. The Kier molecular flexibility index (Phi) is 3.57. The Hall–Kier alpha value is -1.89. The number of nitrogens with two attached hydrogens (primary N) is 2. The zero-order valence-electron chi connectivity index (χ0n) is 9.61. The average molecular weight is 285 g/mol. The summed E-state index contributed by atoms with van der Waals surface area (Å²) in [6.45, 7) is 0. The van der Waals surface area contributed by atoms with Crippen LogP contribution in [-0.4, -0.2) is 4.98 Å². The molecule has 0 saturated heterocycles. The Morgan fingerprint density at radius 1 is 1.00 bits per heavy atom. The molecule has 0 spiro atoms. The normalized spacial score (nSPS) is 11.5. The number of nitrogens with zero attached hydrogens (tertiary/aromatic N) is 1. The smallest absolute Gasteiger partial charge is 0.397 e. The van der Waals surface area contributed by atoms with E-state index in [9.17, 15) is 13.2 Å². The SMILES string of the molecule is Nc1ccc(Sc2ccc(C(F)(F)F)cn2)cc1N. The summed E-state index contributed by atoms with van der Waals surface area (Å²) in [6, 6.07) is 7.34. The van der Waals surface area contributed by atoms with Crippen molar-refractivity contribution in [3.05, 3.63) is 42.1 Å². The molecule has 1 aromatic carbocycles. The lowest BCUT2D eigenvalue weighted by atomic mass is 10.3. The third-order valence-corrected chi connectivity index (χ3v) is 3.28. The van der Waals surface area contributed by atoms with Gasteiger partial charge in [-0.1, -0.05) is 11.8 Å². The lowest BCUT2D eigenvalue weighted by Gasteiger charge is -2.07. The minimum atomic E-state index is -4.37. The zero-order valence-corrected chi connectivity index (χ0v) is 10.4. The van der Waals surface area contributed by atoms with Crippen molar-refractivity contribution in [1.82, 2.24) is 4.98 Å². The molecule has 3 nitrogen and oxygen atoms in total. The van der Waals surface area contributed by atoms with E-state index in [0.29, 0.717) is 16.4 Å². The summed E-state index contributed by atoms with van der Waals surface area (Å²) in [5.74, 6) is 0. The maximum Gasteiger partial charge on any atom is 0.417 e. The van der Waals surface area contributed by atoms with Crippen LogP contribution in [0.25, 0.3) is 0 Å². The molecule has 0 radical (unpaired) electrons. The number of anilines is 2. The summed E-state index contributed by atoms with van der Waals surface area (Å²) >= 11 is 1.22. The topological polar surface area (TPSA) is 64.9 Å². The molecule has 0 bridgehead atoms. The fourth-order valence-electron chi connectivity index (χ4n) is 1.35. The summed E-state index contributed by atoms with van der Waals surface area (Å²) in [7, 11) is 0. The minimum absolute atomic E-state index is 0.428. The minimum Gasteiger partial charge on any atom is -0.397 e. The Bertz CT molecular complexity index is 582. The Morgan fingerprint density at radius 2 is 1.74 bits per heavy atom. The highest BCUT2D eigenvalue weighted by atomic mass is 32.2. The molecule has 4 N–H and O–H groups in total. The Balaban J connectivity index is 2.17. The molecule has 0 aliphatic rings. The molecule has 1 heterocycles. The molecule has 100 valence electrons. The second kappa shape index (κ2) is 5.00. The van der Waals surface area contributed by atoms with E-state index in [4.69, 9.17) is 11.5 Å². The fraction of sp³-hybridized carbons (Fsp3) is 0.0833. The van der Waals surface area contributed by atoms with E-state index >= 15 is 0 Å². The summed E-state index contributed by atoms with van der Waals surface area (Å²) in [5.41, 5.74) is 11.3. The first-order chi connectivity index (χ1) is 8.86. The second-order valence-electron chi connectivity index (χ2n) is 3.78. The van der Waals surface area contributed by atoms with Crippen LogP contribution >= 0.6 is 11.8 Å². The lowest BCUT2D eigenvalue weighted by molar-refractivity contribution is -0.137. The van der Waals surface area contributed by atoms with Crippen LogP contribution < -0.4 is 11.5 Å². The van der Waals surface area contributed by atoms with E-state index in [0.717, 1.165) is 17.2 Å². The highest BCUT2D eigenvalue weighted by Gasteiger charge is 2.30. The maximum absolute atomic E-state index is 12.4. The van der Waals surface area contributed by atoms with Gasteiger partial charge in [0.1, 0.15) is 5.03 Å². The van der Waals surface area contributed by atoms with E-state index in [1.165, 1.54) is 17.8 Å². The van der Waals surface area contributed by atoms with Crippen LogP contribution in [0, 0.1) is 0 Å². The number of benzene rings is 1. The first-order valence-electron chi connectivity index (χ1n) is 5.22. The quantitative estimate of drug-likeness (QED) is 0.830. The Labute approximate surface area is 111 Å². The molecule has 0 aliphatic heterocycles. The molecule has 0 amide bonds. The predicted octanol–water partition coefficient (Wildman–Crippen LogP) is 3.42. The number of aromatic nitrogens is 1. The zero-order chi connectivity index (χ0) is 14.0. The van der Waals surface area contributed by atoms with Crippen molar-refractivity contribution in [1.29, 1.82) is 0 Å². The van der Waals surface area contributed by atoms with Gasteiger partial charge in [0.05, 0.1) is 16.9 Å². The van der Waals surface area contributed by atoms with Gasteiger partial charge in [-0.05, 0) is 30.3 Å². The van der Waals surface area contributed by atoms with Gasteiger partial charge in [-0.2, -0.15) is 13.2 Å². The van der Waals surface area contributed by atoms with E-state index in [2.05, 4.69) is 4.98 Å². The second-order valence-corrected chi connectivity index (χ2v) is 4.87. The number of nitrogen functional groups attached to an aromatic ring is 2. The number of hydrogen-bond donors (Lipinski definition) is 2.